The average Bonchev–Trinajstić information content (AvgIpc) is 3.05. The molecule has 0 bridgehead atoms. The zero-order chi connectivity index (χ0) is 17.7. The fraction of sp³-hybridized carbons (Fsp3) is 0.529. The predicted octanol–water partition coefficient (Wildman–Crippen LogP) is 3.46. The van der Waals surface area contributed by atoms with Crippen LogP contribution in [0.15, 0.2) is 18.2 Å². The van der Waals surface area contributed by atoms with Crippen molar-refractivity contribution in [2.45, 2.75) is 57.3 Å². The lowest BCUT2D eigenvalue weighted by atomic mass is 10.1. The number of hydrogen-bond donors (Lipinski definition) is 2. The molecule has 1 fully saturated rings. The Bertz CT molecular complexity index is 604. The minimum Gasteiger partial charge on any atom is -0.479 e. The van der Waals surface area contributed by atoms with Crippen LogP contribution in [0.5, 0.6) is 0 Å². The molecule has 1 aliphatic carbocycles. The molecule has 2 atom stereocenters. The Labute approximate surface area is 145 Å². The van der Waals surface area contributed by atoms with Crippen LogP contribution in [0.4, 0.5) is 4.39 Å². The summed E-state index contributed by atoms with van der Waals surface area (Å²) in [6.45, 7) is 1.80. The molecular formula is C17H21ClFNO4. The third kappa shape index (κ3) is 4.68. The van der Waals surface area contributed by atoms with Gasteiger partial charge in [-0.05, 0) is 37.0 Å². The highest BCUT2D eigenvalue weighted by atomic mass is 35.5. The maximum absolute atomic E-state index is 13.6. The van der Waals surface area contributed by atoms with E-state index in [0.717, 1.165) is 31.7 Å². The number of halogens is 2. The zero-order valence-corrected chi connectivity index (χ0v) is 14.2. The quantitative estimate of drug-likeness (QED) is 0.783. The molecule has 7 heteroatoms. The molecule has 0 radical (unpaired) electrons. The highest BCUT2D eigenvalue weighted by molar-refractivity contribution is 6.30. The van der Waals surface area contributed by atoms with Gasteiger partial charge >= 0.3 is 5.97 Å². The maximum Gasteiger partial charge on any atom is 0.330 e. The largest absolute Gasteiger partial charge is 0.479 e. The smallest absolute Gasteiger partial charge is 0.330 e. The molecule has 2 N–H and O–H groups in total. The number of carboxylic acids is 1. The predicted molar refractivity (Wildman–Crippen MR) is 87.3 cm³/mol. The van der Waals surface area contributed by atoms with Crippen LogP contribution in [0.2, 0.25) is 5.02 Å². The number of amides is 1. The molecule has 0 saturated heterocycles. The lowest BCUT2D eigenvalue weighted by molar-refractivity contribution is -0.146. The van der Waals surface area contributed by atoms with Gasteiger partial charge in [0.1, 0.15) is 11.9 Å². The molecular weight excluding hydrogens is 337 g/mol. The number of aliphatic carboxylic acids is 1. The van der Waals surface area contributed by atoms with Crippen LogP contribution in [0.1, 0.15) is 50.6 Å². The van der Waals surface area contributed by atoms with Gasteiger partial charge in [-0.3, -0.25) is 4.79 Å². The third-order valence-electron chi connectivity index (χ3n) is 4.13. The molecule has 0 spiro atoms. The Morgan fingerprint density at radius 2 is 2.08 bits per heavy atom. The van der Waals surface area contributed by atoms with Gasteiger partial charge in [-0.15, -0.1) is 0 Å². The van der Waals surface area contributed by atoms with E-state index >= 15 is 0 Å². The number of nitrogens with one attached hydrogen (secondary N) is 1. The summed E-state index contributed by atoms with van der Waals surface area (Å²) in [7, 11) is 0. The molecule has 0 aliphatic heterocycles. The number of carboxylic acid groups (broad SMARTS) is 1. The van der Waals surface area contributed by atoms with Crippen LogP contribution in [0.3, 0.4) is 0 Å². The SMILES string of the molecule is CCC(OC1CCCC1)C(=O)NC(C(=O)O)c1ccc(Cl)c(F)c1. The third-order valence-corrected chi connectivity index (χ3v) is 4.44. The van der Waals surface area contributed by atoms with Crippen LogP contribution in [0.25, 0.3) is 0 Å². The van der Waals surface area contributed by atoms with Crippen molar-refractivity contribution < 1.29 is 23.8 Å². The lowest BCUT2D eigenvalue weighted by Crippen LogP contribution is -2.42. The molecule has 132 valence electrons. The highest BCUT2D eigenvalue weighted by Crippen LogP contribution is 2.24. The van der Waals surface area contributed by atoms with Crippen LogP contribution >= 0.6 is 11.6 Å². The monoisotopic (exact) mass is 357 g/mol. The molecule has 24 heavy (non-hydrogen) atoms. The summed E-state index contributed by atoms with van der Waals surface area (Å²) < 4.78 is 19.4. The van der Waals surface area contributed by atoms with E-state index in [2.05, 4.69) is 5.32 Å². The summed E-state index contributed by atoms with van der Waals surface area (Å²) in [5.74, 6) is -2.52. The van der Waals surface area contributed by atoms with E-state index in [1.807, 2.05) is 0 Å². The fourth-order valence-corrected chi connectivity index (χ4v) is 2.93. The standard InChI is InChI=1S/C17H21ClFNO4/c1-2-14(24-11-5-3-4-6-11)16(21)20-15(17(22)23)10-7-8-12(18)13(19)9-10/h7-9,11,14-15H,2-6H2,1H3,(H,20,21)(H,22,23). The van der Waals surface area contributed by atoms with Crippen molar-refractivity contribution in [2.75, 3.05) is 0 Å². The van der Waals surface area contributed by atoms with Crippen molar-refractivity contribution in [3.8, 4) is 0 Å². The van der Waals surface area contributed by atoms with Gasteiger partial charge in [0.2, 0.25) is 5.91 Å². The van der Waals surface area contributed by atoms with Gasteiger partial charge in [0.25, 0.3) is 0 Å². The first-order chi connectivity index (χ1) is 11.4. The van der Waals surface area contributed by atoms with Crippen molar-refractivity contribution in [1.29, 1.82) is 0 Å². The van der Waals surface area contributed by atoms with Gasteiger partial charge < -0.3 is 15.2 Å². The molecule has 1 saturated carbocycles. The second kappa shape index (κ2) is 8.44. The first kappa shape index (κ1) is 18.7. The van der Waals surface area contributed by atoms with E-state index < -0.39 is 29.8 Å². The minimum atomic E-state index is -1.36. The zero-order valence-electron chi connectivity index (χ0n) is 13.4. The van der Waals surface area contributed by atoms with E-state index in [4.69, 9.17) is 16.3 Å². The summed E-state index contributed by atoms with van der Waals surface area (Å²) in [5.41, 5.74) is 0.119. The second-order valence-corrected chi connectivity index (χ2v) is 6.30. The highest BCUT2D eigenvalue weighted by Gasteiger charge is 2.29. The normalized spacial score (nSPS) is 17.5. The van der Waals surface area contributed by atoms with E-state index in [-0.39, 0.29) is 16.7 Å². The minimum absolute atomic E-state index is 0.0388. The number of benzene rings is 1. The van der Waals surface area contributed by atoms with Gasteiger partial charge in [-0.25, -0.2) is 9.18 Å². The first-order valence-electron chi connectivity index (χ1n) is 8.06. The molecule has 0 aromatic heterocycles. The van der Waals surface area contributed by atoms with E-state index in [1.54, 1.807) is 6.92 Å². The van der Waals surface area contributed by atoms with E-state index in [9.17, 15) is 19.1 Å². The molecule has 2 rings (SSSR count). The Morgan fingerprint density at radius 1 is 1.42 bits per heavy atom. The second-order valence-electron chi connectivity index (χ2n) is 5.89. The molecule has 1 aromatic carbocycles. The Hall–Kier alpha value is -1.66. The fourth-order valence-electron chi connectivity index (χ4n) is 2.81. The first-order valence-corrected chi connectivity index (χ1v) is 8.43. The van der Waals surface area contributed by atoms with Crippen molar-refractivity contribution in [1.82, 2.24) is 5.32 Å². The summed E-state index contributed by atoms with van der Waals surface area (Å²) in [4.78, 5) is 23.9. The van der Waals surface area contributed by atoms with Gasteiger partial charge in [0.05, 0.1) is 11.1 Å². The van der Waals surface area contributed by atoms with E-state index in [1.165, 1.54) is 12.1 Å². The lowest BCUT2D eigenvalue weighted by Gasteiger charge is -2.23. The molecule has 1 aliphatic rings. The van der Waals surface area contributed by atoms with Crippen LogP contribution in [-0.4, -0.2) is 29.2 Å². The molecule has 1 amide bonds. The summed E-state index contributed by atoms with van der Waals surface area (Å²) in [6.07, 6.45) is 3.73. The Morgan fingerprint density at radius 3 is 2.62 bits per heavy atom. The number of carbonyl (C=O) groups is 2. The van der Waals surface area contributed by atoms with E-state index in [0.29, 0.717) is 6.42 Å². The molecule has 1 aromatic rings. The molecule has 2 unspecified atom stereocenters. The molecule has 5 nitrogen and oxygen atoms in total. The topological polar surface area (TPSA) is 75.6 Å². The maximum atomic E-state index is 13.6. The number of hydrogen-bond acceptors (Lipinski definition) is 3. The van der Waals surface area contributed by atoms with Crippen LogP contribution in [-0.2, 0) is 14.3 Å². The number of ether oxygens (including phenoxy) is 1. The van der Waals surface area contributed by atoms with Crippen LogP contribution in [0, 0.1) is 5.82 Å². The Balaban J connectivity index is 2.08. The summed E-state index contributed by atoms with van der Waals surface area (Å²) in [6, 6.07) is 2.30. The van der Waals surface area contributed by atoms with Gasteiger partial charge in [-0.2, -0.15) is 0 Å². The van der Waals surface area contributed by atoms with Crippen molar-refractivity contribution in [3.05, 3.63) is 34.6 Å². The van der Waals surface area contributed by atoms with Gasteiger partial charge in [0, 0.05) is 0 Å². The Kier molecular flexibility index (Phi) is 6.57. The van der Waals surface area contributed by atoms with Crippen molar-refractivity contribution in [3.63, 3.8) is 0 Å². The van der Waals surface area contributed by atoms with Crippen molar-refractivity contribution in [2.24, 2.45) is 0 Å². The van der Waals surface area contributed by atoms with Crippen molar-refractivity contribution >= 4 is 23.5 Å². The summed E-state index contributed by atoms with van der Waals surface area (Å²) >= 11 is 5.61. The number of rotatable bonds is 7. The number of carbonyl (C=O) groups excluding carboxylic acids is 1. The van der Waals surface area contributed by atoms with Gasteiger partial charge in [0.15, 0.2) is 6.04 Å². The van der Waals surface area contributed by atoms with Crippen LogP contribution < -0.4 is 5.32 Å². The average molecular weight is 358 g/mol. The molecule has 0 heterocycles. The summed E-state index contributed by atoms with van der Waals surface area (Å²) in [5, 5.41) is 11.7. The van der Waals surface area contributed by atoms with Gasteiger partial charge in [-0.1, -0.05) is 37.4 Å².